The highest BCUT2D eigenvalue weighted by Crippen LogP contribution is 2.40. The zero-order valence-corrected chi connectivity index (χ0v) is 16.6. The van der Waals surface area contributed by atoms with Crippen molar-refractivity contribution in [2.24, 2.45) is 7.05 Å². The molecule has 1 spiro atoms. The number of aromatic nitrogens is 6. The van der Waals surface area contributed by atoms with Gasteiger partial charge in [0.1, 0.15) is 11.5 Å². The Balaban J connectivity index is 1.48. The van der Waals surface area contributed by atoms with Gasteiger partial charge in [0.05, 0.1) is 17.7 Å². The van der Waals surface area contributed by atoms with Gasteiger partial charge in [0.2, 0.25) is 0 Å². The monoisotopic (exact) mass is 407 g/mol. The van der Waals surface area contributed by atoms with Crippen molar-refractivity contribution in [1.82, 2.24) is 34.0 Å². The van der Waals surface area contributed by atoms with Crippen LogP contribution in [0.15, 0.2) is 46.2 Å². The third-order valence-electron chi connectivity index (χ3n) is 6.03. The minimum absolute atomic E-state index is 0.130. The van der Waals surface area contributed by atoms with Crippen LogP contribution in [0.25, 0.3) is 0 Å². The molecule has 2 aliphatic heterocycles. The molecule has 3 aromatic heterocycles. The fourth-order valence-electron chi connectivity index (χ4n) is 4.45. The number of carbonyl (C=O) groups excluding carboxylic acids is 1. The number of fused-ring (bicyclic) bond motifs is 2. The van der Waals surface area contributed by atoms with Gasteiger partial charge in [-0.15, -0.1) is 0 Å². The van der Waals surface area contributed by atoms with Gasteiger partial charge in [-0.25, -0.2) is 4.68 Å². The number of rotatable bonds is 3. The lowest BCUT2D eigenvalue weighted by Crippen LogP contribution is -2.45. The lowest BCUT2D eigenvalue weighted by molar-refractivity contribution is 0.0776. The molecule has 3 aromatic rings. The summed E-state index contributed by atoms with van der Waals surface area (Å²) < 4.78 is 4.28. The Bertz CT molecular complexity index is 1240. The van der Waals surface area contributed by atoms with E-state index in [0.717, 1.165) is 0 Å². The molecule has 154 valence electrons. The van der Waals surface area contributed by atoms with Crippen LogP contribution >= 0.6 is 0 Å². The Morgan fingerprint density at radius 2 is 1.93 bits per heavy atom. The Labute approximate surface area is 171 Å². The highest BCUT2D eigenvalue weighted by Gasteiger charge is 2.48. The summed E-state index contributed by atoms with van der Waals surface area (Å²) in [6.07, 6.45) is 4.75. The fraction of sp³-hybridized carbons (Fsp3) is 0.400. The van der Waals surface area contributed by atoms with E-state index in [1.54, 1.807) is 47.2 Å². The molecule has 0 bridgehead atoms. The molecule has 0 aromatic carbocycles. The van der Waals surface area contributed by atoms with Crippen molar-refractivity contribution in [3.05, 3.63) is 74.6 Å². The summed E-state index contributed by atoms with van der Waals surface area (Å²) in [6, 6.07) is 7.10. The van der Waals surface area contributed by atoms with E-state index in [0.29, 0.717) is 49.7 Å². The lowest BCUT2D eigenvalue weighted by Gasteiger charge is -2.23. The molecule has 0 aliphatic carbocycles. The van der Waals surface area contributed by atoms with Crippen LogP contribution in [-0.2, 0) is 25.6 Å². The molecular formula is C20H21N7O3. The second kappa shape index (κ2) is 6.75. The molecule has 1 amide bonds. The Morgan fingerprint density at radius 1 is 1.10 bits per heavy atom. The summed E-state index contributed by atoms with van der Waals surface area (Å²) in [5.74, 6) is 0.453. The third kappa shape index (κ3) is 2.87. The van der Waals surface area contributed by atoms with Gasteiger partial charge in [-0.3, -0.25) is 28.6 Å². The average molecular weight is 407 g/mol. The van der Waals surface area contributed by atoms with Gasteiger partial charge in [-0.2, -0.15) is 10.2 Å². The molecule has 1 atom stereocenters. The van der Waals surface area contributed by atoms with Crippen LogP contribution in [0.1, 0.15) is 34.8 Å². The van der Waals surface area contributed by atoms with E-state index in [9.17, 15) is 14.4 Å². The van der Waals surface area contributed by atoms with Crippen molar-refractivity contribution in [2.75, 3.05) is 13.1 Å². The largest absolute Gasteiger partial charge is 0.336 e. The predicted molar refractivity (Wildman–Crippen MR) is 106 cm³/mol. The van der Waals surface area contributed by atoms with E-state index in [1.165, 1.54) is 9.25 Å². The summed E-state index contributed by atoms with van der Waals surface area (Å²) in [5, 5.41) is 8.79. The first-order valence-electron chi connectivity index (χ1n) is 9.88. The molecular weight excluding hydrogens is 386 g/mol. The van der Waals surface area contributed by atoms with Gasteiger partial charge in [0.15, 0.2) is 0 Å². The average Bonchev–Trinajstić information content (AvgIpc) is 3.47. The van der Waals surface area contributed by atoms with Crippen molar-refractivity contribution in [1.29, 1.82) is 0 Å². The standard InChI is InChI=1S/C20H21N7O3/c1-24-9-5-15(22-24)16(28)25-10-6-20(13-25)7-11-26-17(29)18(30)27(23-19(20)26)12-14-4-2-3-8-21-14/h2-5,8-9H,6-7,10-13H2,1H3/t20-/m1/s1. The SMILES string of the molecule is Cn1ccc(C(=O)N2CC[C@@]3(CCn4c3nn(Cc3ccccn3)c(=O)c4=O)C2)n1. The summed E-state index contributed by atoms with van der Waals surface area (Å²) in [6.45, 7) is 1.59. The number of aryl methyl sites for hydroxylation is 1. The maximum absolute atomic E-state index is 12.8. The molecule has 2 aliphatic rings. The number of amides is 1. The van der Waals surface area contributed by atoms with E-state index in [1.807, 2.05) is 6.07 Å². The van der Waals surface area contributed by atoms with Crippen molar-refractivity contribution in [3.63, 3.8) is 0 Å². The van der Waals surface area contributed by atoms with Crippen molar-refractivity contribution in [3.8, 4) is 0 Å². The van der Waals surface area contributed by atoms with Crippen LogP contribution in [0, 0.1) is 0 Å². The van der Waals surface area contributed by atoms with Gasteiger partial charge in [0, 0.05) is 39.1 Å². The minimum Gasteiger partial charge on any atom is -0.336 e. The number of carbonyl (C=O) groups is 1. The molecule has 1 fully saturated rings. The molecule has 1 saturated heterocycles. The quantitative estimate of drug-likeness (QED) is 0.555. The van der Waals surface area contributed by atoms with Crippen LogP contribution in [0.4, 0.5) is 0 Å². The van der Waals surface area contributed by atoms with Gasteiger partial charge >= 0.3 is 11.1 Å². The van der Waals surface area contributed by atoms with E-state index in [-0.39, 0.29) is 12.5 Å². The second-order valence-corrected chi connectivity index (χ2v) is 7.95. The molecule has 30 heavy (non-hydrogen) atoms. The van der Waals surface area contributed by atoms with E-state index >= 15 is 0 Å². The number of nitrogens with zero attached hydrogens (tertiary/aromatic N) is 7. The summed E-state index contributed by atoms with van der Waals surface area (Å²) in [5.41, 5.74) is -0.591. The number of hydrogen-bond donors (Lipinski definition) is 0. The Morgan fingerprint density at radius 3 is 2.67 bits per heavy atom. The molecule has 0 radical (unpaired) electrons. The van der Waals surface area contributed by atoms with Gasteiger partial charge < -0.3 is 4.90 Å². The highest BCUT2D eigenvalue weighted by molar-refractivity contribution is 5.92. The highest BCUT2D eigenvalue weighted by atomic mass is 16.2. The Kier molecular flexibility index (Phi) is 4.16. The molecule has 10 nitrogen and oxygen atoms in total. The summed E-state index contributed by atoms with van der Waals surface area (Å²) in [7, 11) is 1.77. The first-order chi connectivity index (χ1) is 14.5. The van der Waals surface area contributed by atoms with Gasteiger partial charge in [-0.05, 0) is 31.0 Å². The van der Waals surface area contributed by atoms with Crippen molar-refractivity contribution >= 4 is 5.91 Å². The van der Waals surface area contributed by atoms with Crippen LogP contribution in [0.5, 0.6) is 0 Å². The number of hydrogen-bond acceptors (Lipinski definition) is 6. The normalized spacial score (nSPS) is 20.1. The molecule has 5 heterocycles. The number of pyridine rings is 1. The Hall–Kier alpha value is -3.56. The van der Waals surface area contributed by atoms with E-state index in [2.05, 4.69) is 15.2 Å². The van der Waals surface area contributed by atoms with Crippen LogP contribution in [0.2, 0.25) is 0 Å². The first kappa shape index (κ1) is 18.5. The molecule has 10 heteroatoms. The molecule has 0 unspecified atom stereocenters. The smallest absolute Gasteiger partial charge is 0.332 e. The molecule has 0 saturated carbocycles. The predicted octanol–water partition coefficient (Wildman–Crippen LogP) is -0.231. The second-order valence-electron chi connectivity index (χ2n) is 7.95. The van der Waals surface area contributed by atoms with Crippen LogP contribution < -0.4 is 11.1 Å². The maximum Gasteiger partial charge on any atom is 0.332 e. The van der Waals surface area contributed by atoms with E-state index in [4.69, 9.17) is 0 Å². The zero-order chi connectivity index (χ0) is 20.9. The fourth-order valence-corrected chi connectivity index (χ4v) is 4.45. The van der Waals surface area contributed by atoms with Crippen molar-refractivity contribution < 1.29 is 4.79 Å². The zero-order valence-electron chi connectivity index (χ0n) is 16.6. The topological polar surface area (TPSA) is 108 Å². The molecule has 5 rings (SSSR count). The van der Waals surface area contributed by atoms with Gasteiger partial charge in [-0.1, -0.05) is 6.07 Å². The van der Waals surface area contributed by atoms with Gasteiger partial charge in [0.25, 0.3) is 5.91 Å². The van der Waals surface area contributed by atoms with Crippen LogP contribution in [0.3, 0.4) is 0 Å². The minimum atomic E-state index is -0.652. The van der Waals surface area contributed by atoms with Crippen LogP contribution in [-0.4, -0.2) is 53.0 Å². The summed E-state index contributed by atoms with van der Waals surface area (Å²) >= 11 is 0. The van der Waals surface area contributed by atoms with E-state index < -0.39 is 16.5 Å². The lowest BCUT2D eigenvalue weighted by atomic mass is 9.85. The number of likely N-dealkylation sites (tertiary alicyclic amines) is 1. The van der Waals surface area contributed by atoms with Crippen molar-refractivity contribution in [2.45, 2.75) is 31.3 Å². The maximum atomic E-state index is 12.8. The first-order valence-corrected chi connectivity index (χ1v) is 9.88. The molecule has 0 N–H and O–H groups in total. The third-order valence-corrected chi connectivity index (χ3v) is 6.03. The summed E-state index contributed by atoms with van der Waals surface area (Å²) in [4.78, 5) is 44.1.